The molecule has 4 rings (SSSR count). The Labute approximate surface area is 195 Å². The molecule has 2 aliphatic rings. The van der Waals surface area contributed by atoms with Crippen LogP contribution < -0.4 is 5.32 Å². The largest absolute Gasteiger partial charge is 0.449 e. The first-order chi connectivity index (χ1) is 15.8. The number of benzene rings is 2. The molecule has 168 valence electrons. The Morgan fingerprint density at radius 3 is 2.39 bits per heavy atom. The Hall–Kier alpha value is -3.58. The van der Waals surface area contributed by atoms with E-state index >= 15 is 0 Å². The lowest BCUT2D eigenvalue weighted by Gasteiger charge is -2.40. The fourth-order valence-corrected chi connectivity index (χ4v) is 4.89. The first-order valence-electron chi connectivity index (χ1n) is 11.4. The van der Waals surface area contributed by atoms with E-state index in [9.17, 15) is 9.59 Å². The van der Waals surface area contributed by atoms with Crippen LogP contribution in [-0.2, 0) is 14.3 Å². The van der Waals surface area contributed by atoms with E-state index in [1.165, 1.54) is 0 Å². The van der Waals surface area contributed by atoms with Gasteiger partial charge in [-0.2, -0.15) is 0 Å². The molecule has 1 aliphatic carbocycles. The molecule has 33 heavy (non-hydrogen) atoms. The average Bonchev–Trinajstić information content (AvgIpc) is 2.81. The second kappa shape index (κ2) is 9.11. The van der Waals surface area contributed by atoms with E-state index in [0.29, 0.717) is 24.0 Å². The van der Waals surface area contributed by atoms with Gasteiger partial charge in [-0.15, -0.1) is 6.42 Å². The van der Waals surface area contributed by atoms with Crippen molar-refractivity contribution in [2.45, 2.75) is 46.0 Å². The van der Waals surface area contributed by atoms with Crippen molar-refractivity contribution in [3.05, 3.63) is 82.7 Å². The summed E-state index contributed by atoms with van der Waals surface area (Å²) in [6.45, 7) is 6.09. The summed E-state index contributed by atoms with van der Waals surface area (Å²) in [5.41, 5.74) is 5.81. The fourth-order valence-electron chi connectivity index (χ4n) is 4.89. The predicted molar refractivity (Wildman–Crippen MR) is 130 cm³/mol. The second-order valence-electron chi connectivity index (χ2n) is 9.41. The standard InChI is InChI=1S/C29H29NO3/c1-5-16-33-28(32)27-22(6-2)30-23-17-29(3,4)18-24(31)26(23)25(27)21-14-12-20(13-15-21)19-10-8-7-9-11-19/h1,7-15,25,30H,6,16-18H2,2-4H3. The van der Waals surface area contributed by atoms with Crippen LogP contribution in [0.2, 0.25) is 0 Å². The van der Waals surface area contributed by atoms with Gasteiger partial charge in [0.05, 0.1) is 5.57 Å². The molecule has 0 radical (unpaired) electrons. The van der Waals surface area contributed by atoms with Crippen molar-refractivity contribution in [1.82, 2.24) is 5.32 Å². The van der Waals surface area contributed by atoms with Crippen molar-refractivity contribution in [2.75, 3.05) is 6.61 Å². The third-order valence-electron chi connectivity index (χ3n) is 6.34. The van der Waals surface area contributed by atoms with E-state index in [-0.39, 0.29) is 17.8 Å². The maximum absolute atomic E-state index is 13.4. The lowest BCUT2D eigenvalue weighted by molar-refractivity contribution is -0.138. The highest BCUT2D eigenvalue weighted by molar-refractivity contribution is 6.04. The van der Waals surface area contributed by atoms with E-state index in [1.54, 1.807) is 0 Å². The fraction of sp³-hybridized carbons (Fsp3) is 0.310. The van der Waals surface area contributed by atoms with Gasteiger partial charge in [-0.05, 0) is 34.9 Å². The summed E-state index contributed by atoms with van der Waals surface area (Å²) in [4.78, 5) is 26.5. The minimum atomic E-state index is -0.477. The Kier molecular flexibility index (Phi) is 6.24. The van der Waals surface area contributed by atoms with E-state index in [4.69, 9.17) is 11.2 Å². The molecule has 1 N–H and O–H groups in total. The third kappa shape index (κ3) is 4.50. The van der Waals surface area contributed by atoms with Crippen molar-refractivity contribution in [1.29, 1.82) is 0 Å². The highest BCUT2D eigenvalue weighted by Crippen LogP contribution is 2.47. The minimum Gasteiger partial charge on any atom is -0.449 e. The summed E-state index contributed by atoms with van der Waals surface area (Å²) in [6, 6.07) is 18.2. The highest BCUT2D eigenvalue weighted by atomic mass is 16.5. The number of terminal acetylenes is 1. The van der Waals surface area contributed by atoms with Crippen molar-refractivity contribution in [3.8, 4) is 23.5 Å². The third-order valence-corrected chi connectivity index (χ3v) is 6.34. The van der Waals surface area contributed by atoms with Crippen LogP contribution in [0.15, 0.2) is 77.1 Å². The van der Waals surface area contributed by atoms with Gasteiger partial charge < -0.3 is 10.1 Å². The number of dihydropyridines is 1. The number of ether oxygens (including phenoxy) is 1. The summed E-state index contributed by atoms with van der Waals surface area (Å²) in [5, 5.41) is 3.42. The molecule has 0 spiro atoms. The number of hydrogen-bond acceptors (Lipinski definition) is 4. The molecule has 4 nitrogen and oxygen atoms in total. The van der Waals surface area contributed by atoms with Gasteiger partial charge in [0, 0.05) is 29.3 Å². The molecule has 0 aromatic heterocycles. The zero-order chi connectivity index (χ0) is 23.6. The van der Waals surface area contributed by atoms with Crippen molar-refractivity contribution in [3.63, 3.8) is 0 Å². The summed E-state index contributed by atoms with van der Waals surface area (Å²) in [7, 11) is 0. The summed E-state index contributed by atoms with van der Waals surface area (Å²) < 4.78 is 5.36. The van der Waals surface area contributed by atoms with Crippen LogP contribution in [-0.4, -0.2) is 18.4 Å². The number of carbonyl (C=O) groups excluding carboxylic acids is 2. The molecular formula is C29H29NO3. The number of ketones is 1. The van der Waals surface area contributed by atoms with Crippen LogP contribution >= 0.6 is 0 Å². The van der Waals surface area contributed by atoms with E-state index < -0.39 is 11.9 Å². The molecule has 0 saturated heterocycles. The van der Waals surface area contributed by atoms with Crippen molar-refractivity contribution < 1.29 is 14.3 Å². The van der Waals surface area contributed by atoms with E-state index in [0.717, 1.165) is 34.5 Å². The van der Waals surface area contributed by atoms with Crippen LogP contribution in [0.25, 0.3) is 11.1 Å². The van der Waals surface area contributed by atoms with Crippen LogP contribution in [0, 0.1) is 17.8 Å². The number of hydrogen-bond donors (Lipinski definition) is 1. The summed E-state index contributed by atoms with van der Waals surface area (Å²) in [6.07, 6.45) is 7.14. The lowest BCUT2D eigenvalue weighted by Crippen LogP contribution is -2.39. The van der Waals surface area contributed by atoms with Crippen molar-refractivity contribution in [2.24, 2.45) is 5.41 Å². The molecule has 4 heteroatoms. The number of allylic oxidation sites excluding steroid dienone is 3. The summed E-state index contributed by atoms with van der Waals surface area (Å²) >= 11 is 0. The molecule has 2 aromatic carbocycles. The lowest BCUT2D eigenvalue weighted by atomic mass is 9.68. The highest BCUT2D eigenvalue weighted by Gasteiger charge is 2.43. The van der Waals surface area contributed by atoms with Crippen LogP contribution in [0.4, 0.5) is 0 Å². The van der Waals surface area contributed by atoms with Crippen molar-refractivity contribution >= 4 is 11.8 Å². The van der Waals surface area contributed by atoms with Gasteiger partial charge in [-0.1, -0.05) is 81.3 Å². The molecule has 0 fully saturated rings. The molecule has 1 heterocycles. The zero-order valence-electron chi connectivity index (χ0n) is 19.4. The molecule has 0 amide bonds. The van der Waals surface area contributed by atoms with Gasteiger partial charge in [-0.3, -0.25) is 4.79 Å². The number of esters is 1. The van der Waals surface area contributed by atoms with Crippen LogP contribution in [0.5, 0.6) is 0 Å². The smallest absolute Gasteiger partial charge is 0.337 e. The topological polar surface area (TPSA) is 55.4 Å². The number of nitrogens with one attached hydrogen (secondary N) is 1. The first-order valence-corrected chi connectivity index (χ1v) is 11.4. The van der Waals surface area contributed by atoms with Gasteiger partial charge >= 0.3 is 5.97 Å². The Bertz CT molecular complexity index is 1180. The maximum Gasteiger partial charge on any atom is 0.337 e. The SMILES string of the molecule is C#CCOC(=O)C1=C(CC)NC2=C(C(=O)CC(C)(C)C2)C1c1ccc(-c2ccccc2)cc1. The monoisotopic (exact) mass is 439 g/mol. The molecule has 1 unspecified atom stereocenters. The first kappa shape index (κ1) is 22.6. The summed E-state index contributed by atoms with van der Waals surface area (Å²) in [5.74, 6) is 1.48. The van der Waals surface area contributed by atoms with E-state index in [2.05, 4.69) is 37.2 Å². The van der Waals surface area contributed by atoms with E-state index in [1.807, 2.05) is 49.4 Å². The minimum absolute atomic E-state index is 0.0725. The van der Waals surface area contributed by atoms with Gasteiger partial charge in [0.2, 0.25) is 0 Å². The Balaban J connectivity index is 1.83. The number of Topliss-reactive ketones (excluding diaryl/α,β-unsaturated/α-hetero) is 1. The number of carbonyl (C=O) groups is 2. The molecule has 0 bridgehead atoms. The zero-order valence-corrected chi connectivity index (χ0v) is 19.4. The van der Waals surface area contributed by atoms with Gasteiger partial charge in [0.15, 0.2) is 12.4 Å². The molecular weight excluding hydrogens is 410 g/mol. The van der Waals surface area contributed by atoms with Crippen LogP contribution in [0.1, 0.15) is 51.5 Å². The average molecular weight is 440 g/mol. The molecule has 1 aliphatic heterocycles. The van der Waals surface area contributed by atoms with Gasteiger partial charge in [0.1, 0.15) is 0 Å². The molecule has 2 aromatic rings. The second-order valence-corrected chi connectivity index (χ2v) is 9.41. The molecule has 0 saturated carbocycles. The molecule has 1 atom stereocenters. The maximum atomic E-state index is 13.4. The number of rotatable bonds is 5. The Morgan fingerprint density at radius 2 is 1.76 bits per heavy atom. The van der Waals surface area contributed by atoms with Crippen LogP contribution in [0.3, 0.4) is 0 Å². The quantitative estimate of drug-likeness (QED) is 0.492. The Morgan fingerprint density at radius 1 is 1.09 bits per heavy atom. The van der Waals surface area contributed by atoms with Gasteiger partial charge in [0.25, 0.3) is 0 Å². The normalized spacial score (nSPS) is 19.5. The predicted octanol–water partition coefficient (Wildman–Crippen LogP) is 5.52. The van der Waals surface area contributed by atoms with Gasteiger partial charge in [-0.25, -0.2) is 4.79 Å².